The predicted octanol–water partition coefficient (Wildman–Crippen LogP) is 7.77. The summed E-state index contributed by atoms with van der Waals surface area (Å²) in [5, 5.41) is 13.6. The fourth-order valence-corrected chi connectivity index (χ4v) is 3.62. The van der Waals surface area contributed by atoms with Gasteiger partial charge in [-0.15, -0.1) is 0 Å². The van der Waals surface area contributed by atoms with Crippen molar-refractivity contribution < 1.29 is 9.90 Å². The van der Waals surface area contributed by atoms with Crippen LogP contribution >= 0.6 is 23.2 Å². The molecule has 4 aromatic carbocycles. The zero-order chi connectivity index (χ0) is 21.1. The van der Waals surface area contributed by atoms with Gasteiger partial charge in [-0.25, -0.2) is 4.79 Å². The van der Waals surface area contributed by atoms with Crippen LogP contribution in [0.5, 0.6) is 0 Å². The molecule has 148 valence electrons. The normalized spacial score (nSPS) is 10.6. The summed E-state index contributed by atoms with van der Waals surface area (Å²) in [7, 11) is 0. The van der Waals surface area contributed by atoms with E-state index in [0.29, 0.717) is 15.7 Å². The third-order valence-corrected chi connectivity index (χ3v) is 5.53. The second-order valence-electron chi connectivity index (χ2n) is 6.73. The molecule has 0 unspecified atom stereocenters. The van der Waals surface area contributed by atoms with Gasteiger partial charge in [0.1, 0.15) is 0 Å². The number of anilines is 2. The summed E-state index contributed by atoms with van der Waals surface area (Å²) >= 11 is 12.3. The summed E-state index contributed by atoms with van der Waals surface area (Å²) in [5.74, 6) is -0.967. The van der Waals surface area contributed by atoms with Gasteiger partial charge in [0.05, 0.1) is 21.3 Å². The molecule has 0 bridgehead atoms. The van der Waals surface area contributed by atoms with E-state index in [1.165, 1.54) is 0 Å². The fourth-order valence-electron chi connectivity index (χ4n) is 3.32. The first kappa shape index (κ1) is 20.0. The molecule has 5 heteroatoms. The maximum Gasteiger partial charge on any atom is 0.337 e. The van der Waals surface area contributed by atoms with Crippen molar-refractivity contribution in [1.29, 1.82) is 0 Å². The highest BCUT2D eigenvalue weighted by atomic mass is 35.5. The van der Waals surface area contributed by atoms with Crippen LogP contribution in [0.15, 0.2) is 91.0 Å². The highest BCUT2D eigenvalue weighted by Gasteiger charge is 2.11. The summed E-state index contributed by atoms with van der Waals surface area (Å²) in [6.45, 7) is 0. The molecule has 0 amide bonds. The van der Waals surface area contributed by atoms with Crippen LogP contribution in [-0.2, 0) is 0 Å². The molecule has 0 radical (unpaired) electrons. The number of rotatable bonds is 5. The van der Waals surface area contributed by atoms with E-state index < -0.39 is 5.97 Å². The molecule has 0 aliphatic carbocycles. The van der Waals surface area contributed by atoms with E-state index in [-0.39, 0.29) is 5.56 Å². The van der Waals surface area contributed by atoms with E-state index >= 15 is 0 Å². The molecule has 0 aliphatic heterocycles. The van der Waals surface area contributed by atoms with Crippen LogP contribution < -0.4 is 5.32 Å². The van der Waals surface area contributed by atoms with Gasteiger partial charge in [-0.2, -0.15) is 0 Å². The topological polar surface area (TPSA) is 49.3 Å². The van der Waals surface area contributed by atoms with E-state index in [9.17, 15) is 9.90 Å². The quantitative estimate of drug-likeness (QED) is 0.337. The number of nitrogens with one attached hydrogen (secondary N) is 1. The predicted molar refractivity (Wildman–Crippen MR) is 124 cm³/mol. The number of para-hydroxylation sites is 1. The van der Waals surface area contributed by atoms with Crippen molar-refractivity contribution in [2.45, 2.75) is 0 Å². The maximum absolute atomic E-state index is 11.4. The second kappa shape index (κ2) is 8.62. The molecule has 2 N–H and O–H groups in total. The van der Waals surface area contributed by atoms with Crippen molar-refractivity contribution in [3.8, 4) is 22.3 Å². The van der Waals surface area contributed by atoms with Gasteiger partial charge >= 0.3 is 5.97 Å². The minimum absolute atomic E-state index is 0.228. The van der Waals surface area contributed by atoms with Gasteiger partial charge in [0, 0.05) is 5.69 Å². The second-order valence-corrected chi connectivity index (χ2v) is 7.54. The summed E-state index contributed by atoms with van der Waals surface area (Å²) in [6.07, 6.45) is 0. The van der Waals surface area contributed by atoms with Gasteiger partial charge in [0.15, 0.2) is 0 Å². The largest absolute Gasteiger partial charge is 0.478 e. The van der Waals surface area contributed by atoms with Crippen LogP contribution in [0.25, 0.3) is 22.3 Å². The molecular weight excluding hydrogens is 417 g/mol. The van der Waals surface area contributed by atoms with E-state index in [1.54, 1.807) is 30.3 Å². The van der Waals surface area contributed by atoms with Gasteiger partial charge in [-0.05, 0) is 58.7 Å². The lowest BCUT2D eigenvalue weighted by Gasteiger charge is -2.13. The molecule has 0 spiro atoms. The number of carboxylic acids is 1. The Labute approximate surface area is 184 Å². The van der Waals surface area contributed by atoms with E-state index in [1.807, 2.05) is 54.6 Å². The van der Waals surface area contributed by atoms with Gasteiger partial charge in [-0.3, -0.25) is 0 Å². The minimum Gasteiger partial charge on any atom is -0.478 e. The molecule has 0 atom stereocenters. The number of carboxylic acid groups (broad SMARTS) is 1. The van der Waals surface area contributed by atoms with Crippen molar-refractivity contribution in [3.63, 3.8) is 0 Å². The van der Waals surface area contributed by atoms with Crippen molar-refractivity contribution in [1.82, 2.24) is 0 Å². The molecule has 0 aromatic heterocycles. The summed E-state index contributed by atoms with van der Waals surface area (Å²) in [5.41, 5.74) is 5.72. The van der Waals surface area contributed by atoms with Crippen LogP contribution in [0.3, 0.4) is 0 Å². The van der Waals surface area contributed by atoms with Gasteiger partial charge < -0.3 is 10.4 Å². The maximum atomic E-state index is 11.4. The fraction of sp³-hybridized carbons (Fsp3) is 0. The Morgan fingerprint density at radius 3 is 1.97 bits per heavy atom. The van der Waals surface area contributed by atoms with E-state index in [2.05, 4.69) is 11.4 Å². The van der Waals surface area contributed by atoms with Crippen LogP contribution in [-0.4, -0.2) is 11.1 Å². The lowest BCUT2D eigenvalue weighted by molar-refractivity contribution is 0.0698. The highest BCUT2D eigenvalue weighted by Crippen LogP contribution is 2.35. The number of hydrogen-bond acceptors (Lipinski definition) is 2. The molecule has 4 aromatic rings. The van der Waals surface area contributed by atoms with Gasteiger partial charge in [0.2, 0.25) is 0 Å². The van der Waals surface area contributed by atoms with E-state index in [4.69, 9.17) is 23.2 Å². The Balaban J connectivity index is 1.66. The minimum atomic E-state index is -0.967. The number of carbonyl (C=O) groups is 1. The van der Waals surface area contributed by atoms with Crippen LogP contribution in [0.1, 0.15) is 10.4 Å². The zero-order valence-corrected chi connectivity index (χ0v) is 17.3. The average Bonchev–Trinajstić information content (AvgIpc) is 2.76. The van der Waals surface area contributed by atoms with Crippen molar-refractivity contribution in [3.05, 3.63) is 107 Å². The highest BCUT2D eigenvalue weighted by molar-refractivity contribution is 6.42. The first-order chi connectivity index (χ1) is 14.5. The molecule has 0 aliphatic rings. The molecule has 4 rings (SSSR count). The van der Waals surface area contributed by atoms with Crippen LogP contribution in [0, 0.1) is 0 Å². The number of halogens is 2. The van der Waals surface area contributed by atoms with E-state index in [0.717, 1.165) is 27.9 Å². The Kier molecular flexibility index (Phi) is 5.75. The van der Waals surface area contributed by atoms with Crippen LogP contribution in [0.2, 0.25) is 10.0 Å². The Bertz CT molecular complexity index is 1220. The van der Waals surface area contributed by atoms with Gasteiger partial charge in [0.25, 0.3) is 0 Å². The third kappa shape index (κ3) is 4.18. The molecular formula is C25H17Cl2NO2. The van der Waals surface area contributed by atoms with Crippen molar-refractivity contribution >= 4 is 40.5 Å². The monoisotopic (exact) mass is 433 g/mol. The van der Waals surface area contributed by atoms with Gasteiger partial charge in [-0.1, -0.05) is 77.8 Å². The SMILES string of the molecule is O=C(O)c1ccccc1Nc1ccc(-c2ccccc2-c2ccc(Cl)c(Cl)c2)cc1. The Morgan fingerprint density at radius 2 is 1.30 bits per heavy atom. The average molecular weight is 434 g/mol. The number of benzene rings is 4. The summed E-state index contributed by atoms with van der Waals surface area (Å²) in [6, 6.07) is 28.4. The standard InChI is InChI=1S/C25H17Cl2NO2/c26-22-14-11-17(15-23(22)27)20-6-2-1-5-19(20)16-9-12-18(13-10-16)28-24-8-4-3-7-21(24)25(29)30/h1-15,28H,(H,29,30). The van der Waals surface area contributed by atoms with Crippen LogP contribution in [0.4, 0.5) is 11.4 Å². The number of hydrogen-bond donors (Lipinski definition) is 2. The van der Waals surface area contributed by atoms with Crippen molar-refractivity contribution in [2.75, 3.05) is 5.32 Å². The summed E-state index contributed by atoms with van der Waals surface area (Å²) in [4.78, 5) is 11.4. The summed E-state index contributed by atoms with van der Waals surface area (Å²) < 4.78 is 0. The zero-order valence-electron chi connectivity index (χ0n) is 15.8. The molecule has 0 saturated carbocycles. The molecule has 0 fully saturated rings. The lowest BCUT2D eigenvalue weighted by Crippen LogP contribution is -2.02. The molecule has 0 heterocycles. The Hall–Kier alpha value is -3.27. The molecule has 30 heavy (non-hydrogen) atoms. The molecule has 0 saturated heterocycles. The van der Waals surface area contributed by atoms with Crippen molar-refractivity contribution in [2.24, 2.45) is 0 Å². The third-order valence-electron chi connectivity index (χ3n) is 4.79. The number of aromatic carboxylic acids is 1. The Morgan fingerprint density at radius 1 is 0.700 bits per heavy atom. The molecule has 3 nitrogen and oxygen atoms in total. The first-order valence-corrected chi connectivity index (χ1v) is 10.0. The first-order valence-electron chi connectivity index (χ1n) is 9.27. The lowest BCUT2D eigenvalue weighted by atomic mass is 9.94. The smallest absolute Gasteiger partial charge is 0.337 e.